The van der Waals surface area contributed by atoms with Gasteiger partial charge in [0, 0.05) is 18.6 Å². The van der Waals surface area contributed by atoms with Gasteiger partial charge in [0.25, 0.3) is 5.91 Å². The molecule has 0 aliphatic heterocycles. The number of nitrogens with one attached hydrogen (secondary N) is 2. The number of hydrogen-bond acceptors (Lipinski definition) is 2. The molecular weight excluding hydrogens is 206 g/mol. The maximum atomic E-state index is 12.7. The normalized spacial score (nSPS) is 9.53. The van der Waals surface area contributed by atoms with Crippen LogP contribution in [0.1, 0.15) is 17.3 Å². The highest BCUT2D eigenvalue weighted by molar-refractivity contribution is 5.95. The molecule has 0 radical (unpaired) electrons. The molecule has 0 aliphatic carbocycles. The summed E-state index contributed by atoms with van der Waals surface area (Å²) in [4.78, 5) is 21.6. The van der Waals surface area contributed by atoms with Crippen molar-refractivity contribution in [2.75, 3.05) is 0 Å². The molecular formula is C9H8F2N2O2. The lowest BCUT2D eigenvalue weighted by atomic mass is 10.2. The second-order valence-corrected chi connectivity index (χ2v) is 2.79. The molecule has 0 fully saturated rings. The molecule has 1 aromatic carbocycles. The van der Waals surface area contributed by atoms with Crippen LogP contribution in [0.4, 0.5) is 8.78 Å². The Morgan fingerprint density at radius 1 is 1.07 bits per heavy atom. The molecule has 80 valence electrons. The summed E-state index contributed by atoms with van der Waals surface area (Å²) < 4.78 is 25.4. The van der Waals surface area contributed by atoms with Gasteiger partial charge in [0.15, 0.2) is 0 Å². The molecule has 0 atom stereocenters. The number of amides is 2. The highest BCUT2D eigenvalue weighted by Gasteiger charge is 2.08. The molecule has 0 saturated heterocycles. The average molecular weight is 214 g/mol. The Balaban J connectivity index is 2.77. The van der Waals surface area contributed by atoms with E-state index in [1.165, 1.54) is 6.92 Å². The molecule has 0 unspecified atom stereocenters. The van der Waals surface area contributed by atoms with Crippen LogP contribution in [0.25, 0.3) is 0 Å². The third-order valence-corrected chi connectivity index (χ3v) is 1.48. The van der Waals surface area contributed by atoms with Gasteiger partial charge in [-0.05, 0) is 12.1 Å². The van der Waals surface area contributed by atoms with Crippen LogP contribution in [0.3, 0.4) is 0 Å². The topological polar surface area (TPSA) is 58.2 Å². The monoisotopic (exact) mass is 214 g/mol. The summed E-state index contributed by atoms with van der Waals surface area (Å²) in [5.41, 5.74) is 3.77. The predicted molar refractivity (Wildman–Crippen MR) is 47.6 cm³/mol. The van der Waals surface area contributed by atoms with Crippen molar-refractivity contribution in [1.29, 1.82) is 0 Å². The zero-order valence-electron chi connectivity index (χ0n) is 7.80. The smallest absolute Gasteiger partial charge is 0.269 e. The van der Waals surface area contributed by atoms with Crippen molar-refractivity contribution >= 4 is 11.8 Å². The number of halogens is 2. The van der Waals surface area contributed by atoms with Crippen LogP contribution in [0.5, 0.6) is 0 Å². The average Bonchev–Trinajstić information content (AvgIpc) is 2.12. The fraction of sp³-hybridized carbons (Fsp3) is 0.111. The van der Waals surface area contributed by atoms with Crippen molar-refractivity contribution in [1.82, 2.24) is 10.9 Å². The maximum absolute atomic E-state index is 12.7. The van der Waals surface area contributed by atoms with Gasteiger partial charge in [0.05, 0.1) is 0 Å². The lowest BCUT2D eigenvalue weighted by Crippen LogP contribution is -2.40. The Morgan fingerprint density at radius 3 is 2.07 bits per heavy atom. The predicted octanol–water partition coefficient (Wildman–Crippen LogP) is 0.746. The third kappa shape index (κ3) is 3.34. The van der Waals surface area contributed by atoms with Gasteiger partial charge in [-0.25, -0.2) is 8.78 Å². The van der Waals surface area contributed by atoms with Crippen molar-refractivity contribution in [3.63, 3.8) is 0 Å². The summed E-state index contributed by atoms with van der Waals surface area (Å²) in [7, 11) is 0. The minimum absolute atomic E-state index is 0.207. The van der Waals surface area contributed by atoms with E-state index < -0.39 is 23.4 Å². The van der Waals surface area contributed by atoms with Gasteiger partial charge >= 0.3 is 0 Å². The molecule has 4 nitrogen and oxygen atoms in total. The SMILES string of the molecule is CC(=O)NNC(=O)c1cc(F)cc(F)c1. The minimum atomic E-state index is -0.858. The van der Waals surface area contributed by atoms with E-state index in [0.717, 1.165) is 12.1 Å². The zero-order chi connectivity index (χ0) is 11.4. The van der Waals surface area contributed by atoms with Crippen LogP contribution in [0.2, 0.25) is 0 Å². The molecule has 1 rings (SSSR count). The molecule has 0 heterocycles. The van der Waals surface area contributed by atoms with E-state index in [1.807, 2.05) is 10.9 Å². The van der Waals surface area contributed by atoms with Gasteiger partial charge in [0.1, 0.15) is 11.6 Å². The van der Waals surface area contributed by atoms with Crippen LogP contribution in [-0.4, -0.2) is 11.8 Å². The molecule has 6 heteroatoms. The number of carbonyl (C=O) groups is 2. The van der Waals surface area contributed by atoms with E-state index in [2.05, 4.69) is 0 Å². The number of carbonyl (C=O) groups excluding carboxylic acids is 2. The second-order valence-electron chi connectivity index (χ2n) is 2.79. The lowest BCUT2D eigenvalue weighted by Gasteiger charge is -2.04. The first kappa shape index (κ1) is 11.1. The molecule has 0 spiro atoms. The van der Waals surface area contributed by atoms with E-state index in [9.17, 15) is 18.4 Å². The summed E-state index contributed by atoms with van der Waals surface area (Å²) in [6, 6.07) is 2.37. The van der Waals surface area contributed by atoms with E-state index in [4.69, 9.17) is 0 Å². The van der Waals surface area contributed by atoms with Gasteiger partial charge < -0.3 is 0 Å². The van der Waals surface area contributed by atoms with Crippen LogP contribution < -0.4 is 10.9 Å². The molecule has 1 aromatic rings. The Labute approximate surface area is 84.3 Å². The summed E-state index contributed by atoms with van der Waals surface area (Å²) in [5.74, 6) is -2.99. The van der Waals surface area contributed by atoms with E-state index >= 15 is 0 Å². The lowest BCUT2D eigenvalue weighted by molar-refractivity contribution is -0.119. The molecule has 0 bridgehead atoms. The van der Waals surface area contributed by atoms with Crippen LogP contribution in [0.15, 0.2) is 18.2 Å². The number of hydrazine groups is 1. The van der Waals surface area contributed by atoms with Gasteiger partial charge in [-0.1, -0.05) is 0 Å². The van der Waals surface area contributed by atoms with E-state index in [-0.39, 0.29) is 5.56 Å². The highest BCUT2D eigenvalue weighted by atomic mass is 19.1. The molecule has 0 aliphatic rings. The van der Waals surface area contributed by atoms with Crippen molar-refractivity contribution in [2.24, 2.45) is 0 Å². The fourth-order valence-corrected chi connectivity index (χ4v) is 0.902. The number of hydrogen-bond donors (Lipinski definition) is 2. The third-order valence-electron chi connectivity index (χ3n) is 1.48. The zero-order valence-corrected chi connectivity index (χ0v) is 7.80. The quantitative estimate of drug-likeness (QED) is 0.677. The molecule has 2 amide bonds. The second kappa shape index (κ2) is 4.50. The Hall–Kier alpha value is -1.98. The maximum Gasteiger partial charge on any atom is 0.269 e. The number of benzene rings is 1. The fourth-order valence-electron chi connectivity index (χ4n) is 0.902. The largest absolute Gasteiger partial charge is 0.274 e. The molecule has 15 heavy (non-hydrogen) atoms. The first-order valence-corrected chi connectivity index (χ1v) is 4.02. The Kier molecular flexibility index (Phi) is 3.33. The van der Waals surface area contributed by atoms with Gasteiger partial charge in [-0.3, -0.25) is 20.4 Å². The van der Waals surface area contributed by atoms with Crippen molar-refractivity contribution in [3.05, 3.63) is 35.4 Å². The summed E-state index contributed by atoms with van der Waals surface area (Å²) in [6.07, 6.45) is 0. The first-order valence-electron chi connectivity index (χ1n) is 4.02. The molecule has 2 N–H and O–H groups in total. The Bertz CT molecular complexity index is 387. The summed E-state index contributed by atoms with van der Waals surface area (Å²) >= 11 is 0. The molecule has 0 aromatic heterocycles. The number of rotatable bonds is 1. The first-order chi connectivity index (χ1) is 6.99. The van der Waals surface area contributed by atoms with Crippen molar-refractivity contribution < 1.29 is 18.4 Å². The van der Waals surface area contributed by atoms with Gasteiger partial charge in [-0.15, -0.1) is 0 Å². The summed E-state index contributed by atoms with van der Waals surface area (Å²) in [5, 5.41) is 0. The Morgan fingerprint density at radius 2 is 1.60 bits per heavy atom. The van der Waals surface area contributed by atoms with Crippen molar-refractivity contribution in [3.8, 4) is 0 Å². The van der Waals surface area contributed by atoms with Crippen LogP contribution >= 0.6 is 0 Å². The highest BCUT2D eigenvalue weighted by Crippen LogP contribution is 2.07. The summed E-state index contributed by atoms with van der Waals surface area (Å²) in [6.45, 7) is 1.19. The standard InChI is InChI=1S/C9H8F2N2O2/c1-5(14)12-13-9(15)6-2-7(10)4-8(11)3-6/h2-4H,1H3,(H,12,14)(H,13,15). The van der Waals surface area contributed by atoms with E-state index in [1.54, 1.807) is 0 Å². The van der Waals surface area contributed by atoms with Crippen molar-refractivity contribution in [2.45, 2.75) is 6.92 Å². The molecule has 0 saturated carbocycles. The van der Waals surface area contributed by atoms with E-state index in [0.29, 0.717) is 6.07 Å². The van der Waals surface area contributed by atoms with Crippen LogP contribution in [0, 0.1) is 11.6 Å². The van der Waals surface area contributed by atoms with Gasteiger partial charge in [-0.2, -0.15) is 0 Å². The van der Waals surface area contributed by atoms with Crippen LogP contribution in [-0.2, 0) is 4.79 Å². The minimum Gasteiger partial charge on any atom is -0.274 e. The van der Waals surface area contributed by atoms with Gasteiger partial charge in [0.2, 0.25) is 5.91 Å².